The second kappa shape index (κ2) is 11.1. The zero-order valence-corrected chi connectivity index (χ0v) is 25.2. The number of sulfonamides is 1. The molecular formula is C32H50N2O4S. The van der Waals surface area contributed by atoms with Gasteiger partial charge in [-0.15, -0.1) is 0 Å². The normalized spacial score (nSPS) is 31.3. The first-order valence-corrected chi connectivity index (χ1v) is 17.1. The molecule has 0 heterocycles. The van der Waals surface area contributed by atoms with Gasteiger partial charge in [-0.3, -0.25) is 4.79 Å². The molecule has 1 aromatic carbocycles. The topological polar surface area (TPSA) is 89.7 Å². The van der Waals surface area contributed by atoms with Crippen LogP contribution in [0.5, 0.6) is 0 Å². The lowest BCUT2D eigenvalue weighted by Gasteiger charge is -2.46. The van der Waals surface area contributed by atoms with Crippen molar-refractivity contribution >= 4 is 16.0 Å². The standard InChI is InChI=1S/C32H50N2O4S/c1-30(2)25-19-20-32(30,28(21-25)38-29(35)31(3,22-33)24-13-7-4-8-14-24)23-39(36,37)34(26-15-9-5-10-16-26)27-17-11-6-12-18-27/h4,7-8,13-14,25-28H,5-6,9-12,15-23,33H2,1-3H3/t25-,28-,31-,32-/m1/s1. The van der Waals surface area contributed by atoms with Crippen molar-refractivity contribution < 1.29 is 17.9 Å². The van der Waals surface area contributed by atoms with E-state index in [1.807, 2.05) is 41.6 Å². The first-order chi connectivity index (χ1) is 18.5. The number of carbonyl (C=O) groups excluding carboxylic acids is 1. The van der Waals surface area contributed by atoms with E-state index < -0.39 is 27.0 Å². The largest absolute Gasteiger partial charge is 0.461 e. The molecule has 0 amide bonds. The molecule has 0 spiro atoms. The molecular weight excluding hydrogens is 508 g/mol. The molecule has 39 heavy (non-hydrogen) atoms. The number of nitrogens with two attached hydrogens (primary N) is 1. The number of rotatable bonds is 9. The van der Waals surface area contributed by atoms with Gasteiger partial charge in [0.2, 0.25) is 10.0 Å². The van der Waals surface area contributed by atoms with Crippen LogP contribution in [0, 0.1) is 16.7 Å². The zero-order valence-electron chi connectivity index (χ0n) is 24.4. The Morgan fingerprint density at radius 3 is 2.05 bits per heavy atom. The van der Waals surface area contributed by atoms with Crippen molar-refractivity contribution in [2.75, 3.05) is 12.3 Å². The first-order valence-electron chi connectivity index (χ1n) is 15.5. The SMILES string of the molecule is CC1(C)[C@@H]2CC[C@@]1(CS(=O)(=O)N(C1CCCCC1)C1CCCCC1)[C@H](OC(=O)[C@](C)(CN)c1ccccc1)C2. The van der Waals surface area contributed by atoms with Gasteiger partial charge in [0.15, 0.2) is 0 Å². The lowest BCUT2D eigenvalue weighted by molar-refractivity contribution is -0.163. The quantitative estimate of drug-likeness (QED) is 0.379. The Labute approximate surface area is 236 Å². The van der Waals surface area contributed by atoms with Crippen LogP contribution in [0.15, 0.2) is 30.3 Å². The van der Waals surface area contributed by atoms with E-state index in [0.717, 1.165) is 76.2 Å². The van der Waals surface area contributed by atoms with Gasteiger partial charge in [-0.25, -0.2) is 8.42 Å². The van der Waals surface area contributed by atoms with Crippen molar-refractivity contribution in [3.8, 4) is 0 Å². The minimum Gasteiger partial charge on any atom is -0.461 e. The number of benzene rings is 1. The minimum absolute atomic E-state index is 0.0825. The second-order valence-electron chi connectivity index (χ2n) is 13.8. The Hall–Kier alpha value is -1.44. The van der Waals surface area contributed by atoms with E-state index >= 15 is 0 Å². The molecule has 4 saturated carbocycles. The Bertz CT molecular complexity index is 1090. The molecule has 5 rings (SSSR count). The molecule has 0 radical (unpaired) electrons. The van der Waals surface area contributed by atoms with E-state index in [2.05, 4.69) is 13.8 Å². The van der Waals surface area contributed by atoms with Crippen LogP contribution in [-0.4, -0.2) is 49.2 Å². The van der Waals surface area contributed by atoms with Crippen molar-refractivity contribution in [3.63, 3.8) is 0 Å². The van der Waals surface area contributed by atoms with Gasteiger partial charge in [-0.05, 0) is 68.8 Å². The molecule has 2 N–H and O–H groups in total. The minimum atomic E-state index is -3.56. The molecule has 6 nitrogen and oxygen atoms in total. The molecule has 4 fully saturated rings. The number of esters is 1. The molecule has 2 bridgehead atoms. The van der Waals surface area contributed by atoms with Crippen LogP contribution in [0.1, 0.15) is 110 Å². The molecule has 0 aromatic heterocycles. The molecule has 4 aliphatic rings. The van der Waals surface area contributed by atoms with Gasteiger partial charge in [0.1, 0.15) is 11.5 Å². The van der Waals surface area contributed by atoms with E-state index in [1.165, 1.54) is 12.8 Å². The third kappa shape index (κ3) is 5.10. The summed E-state index contributed by atoms with van der Waals surface area (Å²) in [5.41, 5.74) is 5.24. The molecule has 0 saturated heterocycles. The van der Waals surface area contributed by atoms with Crippen LogP contribution in [-0.2, 0) is 25.0 Å². The zero-order chi connectivity index (χ0) is 27.9. The Morgan fingerprint density at radius 1 is 0.974 bits per heavy atom. The monoisotopic (exact) mass is 558 g/mol. The predicted octanol–water partition coefficient (Wildman–Crippen LogP) is 5.94. The number of hydrogen-bond donors (Lipinski definition) is 1. The summed E-state index contributed by atoms with van der Waals surface area (Å²) in [5.74, 6) is 0.0981. The highest BCUT2D eigenvalue weighted by Crippen LogP contribution is 2.67. The summed E-state index contributed by atoms with van der Waals surface area (Å²) in [5, 5.41) is 0. The summed E-state index contributed by atoms with van der Waals surface area (Å²) in [6.07, 6.45) is 12.8. The third-order valence-electron chi connectivity index (χ3n) is 11.5. The highest BCUT2D eigenvalue weighted by molar-refractivity contribution is 7.89. The molecule has 0 unspecified atom stereocenters. The number of nitrogens with zero attached hydrogens (tertiary/aromatic N) is 1. The van der Waals surface area contributed by atoms with Crippen LogP contribution in [0.3, 0.4) is 0 Å². The number of hydrogen-bond acceptors (Lipinski definition) is 5. The van der Waals surface area contributed by atoms with Gasteiger partial charge >= 0.3 is 5.97 Å². The van der Waals surface area contributed by atoms with E-state index in [-0.39, 0.29) is 35.8 Å². The molecule has 4 aliphatic carbocycles. The summed E-state index contributed by atoms with van der Waals surface area (Å²) in [4.78, 5) is 13.8. The van der Waals surface area contributed by atoms with Crippen LogP contribution >= 0.6 is 0 Å². The summed E-state index contributed by atoms with van der Waals surface area (Å²) in [6, 6.07) is 9.83. The van der Waals surface area contributed by atoms with E-state index in [0.29, 0.717) is 5.92 Å². The molecule has 1 aromatic rings. The van der Waals surface area contributed by atoms with Gasteiger partial charge in [0.05, 0.1) is 5.75 Å². The number of carbonyl (C=O) groups is 1. The van der Waals surface area contributed by atoms with Crippen molar-refractivity contribution in [2.45, 2.75) is 128 Å². The summed E-state index contributed by atoms with van der Waals surface area (Å²) in [7, 11) is -3.56. The van der Waals surface area contributed by atoms with Gasteiger partial charge in [-0.2, -0.15) is 4.31 Å². The van der Waals surface area contributed by atoms with Crippen molar-refractivity contribution in [1.29, 1.82) is 0 Å². The fraction of sp³-hybridized carbons (Fsp3) is 0.781. The van der Waals surface area contributed by atoms with E-state index in [9.17, 15) is 13.2 Å². The smallest absolute Gasteiger partial charge is 0.317 e. The van der Waals surface area contributed by atoms with Gasteiger partial charge < -0.3 is 10.5 Å². The average Bonchev–Trinajstić information content (AvgIpc) is 3.29. The second-order valence-corrected chi connectivity index (χ2v) is 15.7. The average molecular weight is 559 g/mol. The van der Waals surface area contributed by atoms with Crippen molar-refractivity contribution in [3.05, 3.63) is 35.9 Å². The van der Waals surface area contributed by atoms with Gasteiger partial charge in [-0.1, -0.05) is 82.7 Å². The van der Waals surface area contributed by atoms with Crippen molar-refractivity contribution in [1.82, 2.24) is 4.31 Å². The summed E-state index contributed by atoms with van der Waals surface area (Å²) in [6.45, 7) is 6.43. The molecule has 218 valence electrons. The van der Waals surface area contributed by atoms with Crippen LogP contribution in [0.4, 0.5) is 0 Å². The predicted molar refractivity (Wildman–Crippen MR) is 156 cm³/mol. The molecule has 7 heteroatoms. The molecule has 0 aliphatic heterocycles. The van der Waals surface area contributed by atoms with Crippen LogP contribution in [0.2, 0.25) is 0 Å². The lowest BCUT2D eigenvalue weighted by atomic mass is 9.69. The highest BCUT2D eigenvalue weighted by Gasteiger charge is 2.67. The summed E-state index contributed by atoms with van der Waals surface area (Å²) >= 11 is 0. The van der Waals surface area contributed by atoms with E-state index in [1.54, 1.807) is 0 Å². The van der Waals surface area contributed by atoms with E-state index in [4.69, 9.17) is 10.5 Å². The highest BCUT2D eigenvalue weighted by atomic mass is 32.2. The van der Waals surface area contributed by atoms with Gasteiger partial charge in [0.25, 0.3) is 0 Å². The number of fused-ring (bicyclic) bond motifs is 2. The maximum Gasteiger partial charge on any atom is 0.317 e. The Kier molecular flexibility index (Phi) is 8.27. The maximum atomic E-state index is 14.6. The summed E-state index contributed by atoms with van der Waals surface area (Å²) < 4.78 is 37.7. The fourth-order valence-corrected chi connectivity index (χ4v) is 11.5. The van der Waals surface area contributed by atoms with Gasteiger partial charge in [0, 0.05) is 24.0 Å². The van der Waals surface area contributed by atoms with Crippen molar-refractivity contribution in [2.24, 2.45) is 22.5 Å². The lowest BCUT2D eigenvalue weighted by Crippen LogP contribution is -2.55. The molecule has 4 atom stereocenters. The Balaban J connectivity index is 1.45. The van der Waals surface area contributed by atoms with Crippen LogP contribution in [0.25, 0.3) is 0 Å². The first kappa shape index (κ1) is 29.1. The third-order valence-corrected chi connectivity index (χ3v) is 13.6. The fourth-order valence-electron chi connectivity index (χ4n) is 8.71. The maximum absolute atomic E-state index is 14.6. The van der Waals surface area contributed by atoms with Crippen LogP contribution < -0.4 is 5.73 Å². The Morgan fingerprint density at radius 2 is 1.54 bits per heavy atom. The number of ether oxygens (including phenoxy) is 1.